The van der Waals surface area contributed by atoms with Gasteiger partial charge in [-0.1, -0.05) is 33.6 Å². The monoisotopic (exact) mass is 215 g/mol. The van der Waals surface area contributed by atoms with Crippen molar-refractivity contribution >= 4 is 5.97 Å². The lowest BCUT2D eigenvalue weighted by Gasteiger charge is -2.23. The molecule has 15 heavy (non-hydrogen) atoms. The van der Waals surface area contributed by atoms with Crippen LogP contribution in [-0.2, 0) is 9.53 Å². The number of rotatable bonds is 7. The van der Waals surface area contributed by atoms with E-state index in [1.165, 1.54) is 20.0 Å². The van der Waals surface area contributed by atoms with E-state index < -0.39 is 0 Å². The second kappa shape index (κ2) is 7.69. The number of esters is 1. The van der Waals surface area contributed by atoms with E-state index in [4.69, 9.17) is 0 Å². The van der Waals surface area contributed by atoms with Crippen LogP contribution in [0.25, 0.3) is 0 Å². The van der Waals surface area contributed by atoms with Gasteiger partial charge in [-0.2, -0.15) is 0 Å². The van der Waals surface area contributed by atoms with E-state index >= 15 is 0 Å². The Kier molecular flexibility index (Phi) is 7.39. The van der Waals surface area contributed by atoms with Crippen molar-refractivity contribution in [3.05, 3.63) is 0 Å². The summed E-state index contributed by atoms with van der Waals surface area (Å²) in [6.07, 6.45) is 2.36. The van der Waals surface area contributed by atoms with Crippen molar-refractivity contribution in [3.8, 4) is 0 Å². The van der Waals surface area contributed by atoms with Crippen LogP contribution in [0.15, 0.2) is 0 Å². The minimum Gasteiger partial charge on any atom is -0.469 e. The van der Waals surface area contributed by atoms with Gasteiger partial charge in [0.1, 0.15) is 0 Å². The van der Waals surface area contributed by atoms with Gasteiger partial charge in [0.15, 0.2) is 0 Å². The number of carbonyl (C=O) groups is 1. The number of hydrogen-bond acceptors (Lipinski definition) is 3. The minimum absolute atomic E-state index is 0.0631. The highest BCUT2D eigenvalue weighted by Crippen LogP contribution is 2.12. The quantitative estimate of drug-likeness (QED) is 0.662. The van der Waals surface area contributed by atoms with Gasteiger partial charge in [-0.25, -0.2) is 0 Å². The molecule has 0 bridgehead atoms. The summed E-state index contributed by atoms with van der Waals surface area (Å²) in [5.41, 5.74) is 0. The van der Waals surface area contributed by atoms with Crippen molar-refractivity contribution in [1.29, 1.82) is 0 Å². The lowest BCUT2D eigenvalue weighted by atomic mass is 9.95. The highest BCUT2D eigenvalue weighted by Gasteiger charge is 2.17. The first-order valence-electron chi connectivity index (χ1n) is 5.87. The predicted molar refractivity (Wildman–Crippen MR) is 62.7 cm³/mol. The van der Waals surface area contributed by atoms with Crippen molar-refractivity contribution < 1.29 is 9.53 Å². The van der Waals surface area contributed by atoms with Gasteiger partial charge in [0.05, 0.1) is 13.0 Å². The van der Waals surface area contributed by atoms with Crippen LogP contribution in [0.2, 0.25) is 0 Å². The zero-order valence-electron chi connectivity index (χ0n) is 10.7. The zero-order chi connectivity index (χ0) is 11.8. The average Bonchev–Trinajstić information content (AvgIpc) is 2.26. The van der Waals surface area contributed by atoms with Gasteiger partial charge in [-0.3, -0.25) is 4.79 Å². The van der Waals surface area contributed by atoms with Crippen LogP contribution in [0.4, 0.5) is 0 Å². The van der Waals surface area contributed by atoms with E-state index in [2.05, 4.69) is 30.8 Å². The molecule has 2 atom stereocenters. The first-order valence-corrected chi connectivity index (χ1v) is 5.87. The minimum atomic E-state index is -0.140. The third-order valence-electron chi connectivity index (χ3n) is 3.11. The van der Waals surface area contributed by atoms with Crippen LogP contribution >= 0.6 is 0 Å². The number of ether oxygens (including phenoxy) is 1. The van der Waals surface area contributed by atoms with Crippen molar-refractivity contribution in [2.24, 2.45) is 11.8 Å². The van der Waals surface area contributed by atoms with Crippen LogP contribution in [0.1, 0.15) is 40.5 Å². The molecule has 0 saturated heterocycles. The van der Waals surface area contributed by atoms with Gasteiger partial charge >= 0.3 is 5.97 Å². The largest absolute Gasteiger partial charge is 0.469 e. The van der Waals surface area contributed by atoms with E-state index in [-0.39, 0.29) is 11.9 Å². The standard InChI is InChI=1S/C12H25NO2/c1-6-11(7-2)10(4)13-8-9(3)12(14)15-5/h9-11,13H,6-8H2,1-5H3. The zero-order valence-corrected chi connectivity index (χ0v) is 10.7. The molecule has 0 aliphatic carbocycles. The first kappa shape index (κ1) is 14.4. The summed E-state index contributed by atoms with van der Waals surface area (Å²) in [6.45, 7) is 9.18. The highest BCUT2D eigenvalue weighted by atomic mass is 16.5. The Morgan fingerprint density at radius 2 is 1.80 bits per heavy atom. The van der Waals surface area contributed by atoms with E-state index in [0.717, 1.165) is 0 Å². The number of hydrogen-bond donors (Lipinski definition) is 1. The van der Waals surface area contributed by atoms with Crippen molar-refractivity contribution in [1.82, 2.24) is 5.32 Å². The molecule has 3 nitrogen and oxygen atoms in total. The van der Waals surface area contributed by atoms with E-state index in [1.54, 1.807) is 0 Å². The highest BCUT2D eigenvalue weighted by molar-refractivity contribution is 5.72. The molecule has 0 aromatic carbocycles. The molecule has 0 saturated carbocycles. The van der Waals surface area contributed by atoms with E-state index in [1.807, 2.05) is 6.92 Å². The smallest absolute Gasteiger partial charge is 0.309 e. The van der Waals surface area contributed by atoms with Gasteiger partial charge in [0.25, 0.3) is 0 Å². The summed E-state index contributed by atoms with van der Waals surface area (Å²) in [6, 6.07) is 0.465. The first-order chi connectivity index (χ1) is 7.06. The lowest BCUT2D eigenvalue weighted by Crippen LogP contribution is -2.37. The summed E-state index contributed by atoms with van der Waals surface area (Å²) in [7, 11) is 1.43. The second-order valence-corrected chi connectivity index (χ2v) is 4.20. The summed E-state index contributed by atoms with van der Waals surface area (Å²) in [4.78, 5) is 11.2. The number of methoxy groups -OCH3 is 1. The molecule has 2 unspecified atom stereocenters. The summed E-state index contributed by atoms with van der Waals surface area (Å²) in [5.74, 6) is 0.487. The molecule has 0 spiro atoms. The fraction of sp³-hybridized carbons (Fsp3) is 0.917. The van der Waals surface area contributed by atoms with Crippen LogP contribution in [0.5, 0.6) is 0 Å². The molecule has 0 amide bonds. The SMILES string of the molecule is CCC(CC)C(C)NCC(C)C(=O)OC. The van der Waals surface area contributed by atoms with Crippen LogP contribution in [-0.4, -0.2) is 25.7 Å². The molecule has 0 rings (SSSR count). The Hall–Kier alpha value is -0.570. The van der Waals surface area contributed by atoms with Gasteiger partial charge in [0.2, 0.25) is 0 Å². The van der Waals surface area contributed by atoms with Crippen LogP contribution in [0, 0.1) is 11.8 Å². The Morgan fingerprint density at radius 3 is 2.20 bits per heavy atom. The molecule has 0 aliphatic heterocycles. The summed E-state index contributed by atoms with van der Waals surface area (Å²) >= 11 is 0. The third-order valence-corrected chi connectivity index (χ3v) is 3.11. The Balaban J connectivity index is 3.88. The molecule has 0 fully saturated rings. The molecular weight excluding hydrogens is 190 g/mol. The van der Waals surface area contributed by atoms with Gasteiger partial charge < -0.3 is 10.1 Å². The van der Waals surface area contributed by atoms with Crippen molar-refractivity contribution in [2.45, 2.75) is 46.6 Å². The normalized spacial score (nSPS) is 15.1. The maximum atomic E-state index is 11.2. The van der Waals surface area contributed by atoms with Gasteiger partial charge in [-0.05, 0) is 12.8 Å². The fourth-order valence-corrected chi connectivity index (χ4v) is 1.81. The van der Waals surface area contributed by atoms with Crippen molar-refractivity contribution in [2.75, 3.05) is 13.7 Å². The molecule has 0 aromatic rings. The topological polar surface area (TPSA) is 38.3 Å². The maximum absolute atomic E-state index is 11.2. The summed E-state index contributed by atoms with van der Waals surface area (Å²) < 4.78 is 4.68. The van der Waals surface area contributed by atoms with Crippen LogP contribution in [0.3, 0.4) is 0 Å². The van der Waals surface area contributed by atoms with Gasteiger partial charge in [0, 0.05) is 12.6 Å². The van der Waals surface area contributed by atoms with E-state index in [0.29, 0.717) is 18.5 Å². The lowest BCUT2D eigenvalue weighted by molar-refractivity contribution is -0.144. The maximum Gasteiger partial charge on any atom is 0.309 e. The van der Waals surface area contributed by atoms with E-state index in [9.17, 15) is 4.79 Å². The Bertz CT molecular complexity index is 178. The molecule has 0 radical (unpaired) electrons. The van der Waals surface area contributed by atoms with Gasteiger partial charge in [-0.15, -0.1) is 0 Å². The number of nitrogens with one attached hydrogen (secondary N) is 1. The molecule has 0 aliphatic rings. The second-order valence-electron chi connectivity index (χ2n) is 4.20. The molecule has 1 N–H and O–H groups in total. The molecule has 0 heterocycles. The fourth-order valence-electron chi connectivity index (χ4n) is 1.81. The van der Waals surface area contributed by atoms with Crippen molar-refractivity contribution in [3.63, 3.8) is 0 Å². The van der Waals surface area contributed by atoms with Crippen LogP contribution < -0.4 is 5.32 Å². The molecular formula is C12H25NO2. The average molecular weight is 215 g/mol. The Labute approximate surface area is 93.6 Å². The molecule has 3 heteroatoms. The summed E-state index contributed by atoms with van der Waals surface area (Å²) in [5, 5.41) is 3.40. The number of carbonyl (C=O) groups excluding carboxylic acids is 1. The predicted octanol–water partition coefficient (Wildman–Crippen LogP) is 2.21. The molecule has 90 valence electrons. The third kappa shape index (κ3) is 5.17. The Morgan fingerprint density at radius 1 is 1.27 bits per heavy atom. The molecule has 0 aromatic heterocycles.